The van der Waals surface area contributed by atoms with Gasteiger partial charge in [-0.05, 0) is 48.7 Å². The van der Waals surface area contributed by atoms with Crippen molar-refractivity contribution in [2.75, 3.05) is 26.8 Å². The van der Waals surface area contributed by atoms with Gasteiger partial charge in [-0.15, -0.1) is 24.0 Å². The fourth-order valence-corrected chi connectivity index (χ4v) is 3.67. The molecule has 8 heteroatoms. The predicted molar refractivity (Wildman–Crippen MR) is 123 cm³/mol. The van der Waals surface area contributed by atoms with E-state index in [4.69, 9.17) is 16.3 Å². The lowest BCUT2D eigenvalue weighted by Gasteiger charge is -2.38. The predicted octanol–water partition coefficient (Wildman–Crippen LogP) is 4.65. The van der Waals surface area contributed by atoms with Crippen molar-refractivity contribution in [3.05, 3.63) is 70.2 Å². The fourth-order valence-electron chi connectivity index (χ4n) is 3.48. The number of nitrogens with zero attached hydrogens (tertiary/aromatic N) is 1. The summed E-state index contributed by atoms with van der Waals surface area (Å²) in [4.78, 5) is 4.20. The maximum atomic E-state index is 13.8. The molecule has 2 aromatic carbocycles. The molecule has 29 heavy (non-hydrogen) atoms. The Morgan fingerprint density at radius 3 is 2.59 bits per heavy atom. The minimum atomic E-state index is -0.469. The Kier molecular flexibility index (Phi) is 9.10. The van der Waals surface area contributed by atoms with Gasteiger partial charge >= 0.3 is 0 Å². The van der Waals surface area contributed by atoms with E-state index in [2.05, 4.69) is 21.7 Å². The van der Waals surface area contributed by atoms with Gasteiger partial charge in [0.15, 0.2) is 5.96 Å². The summed E-state index contributed by atoms with van der Waals surface area (Å²) in [7, 11) is 1.65. The molecule has 0 aromatic heterocycles. The van der Waals surface area contributed by atoms with Crippen molar-refractivity contribution in [3.8, 4) is 0 Å². The zero-order chi connectivity index (χ0) is 20.0. The van der Waals surface area contributed by atoms with E-state index in [1.807, 2.05) is 18.2 Å². The Morgan fingerprint density at radius 2 is 1.90 bits per heavy atom. The molecule has 0 radical (unpaired) electrons. The van der Waals surface area contributed by atoms with Gasteiger partial charge in [0.25, 0.3) is 0 Å². The van der Waals surface area contributed by atoms with E-state index < -0.39 is 11.6 Å². The molecular formula is C21H25ClF2IN3O. The Labute approximate surface area is 192 Å². The molecule has 3 rings (SSSR count). The van der Waals surface area contributed by atoms with Gasteiger partial charge in [-0.1, -0.05) is 23.7 Å². The zero-order valence-corrected chi connectivity index (χ0v) is 19.3. The van der Waals surface area contributed by atoms with E-state index >= 15 is 0 Å². The highest BCUT2D eigenvalue weighted by atomic mass is 127. The summed E-state index contributed by atoms with van der Waals surface area (Å²) in [6.07, 6.45) is 1.71. The number of guanidine groups is 1. The van der Waals surface area contributed by atoms with Crippen LogP contribution in [-0.4, -0.2) is 32.8 Å². The van der Waals surface area contributed by atoms with E-state index in [0.29, 0.717) is 30.7 Å². The van der Waals surface area contributed by atoms with Crippen LogP contribution in [0.2, 0.25) is 5.02 Å². The zero-order valence-electron chi connectivity index (χ0n) is 16.2. The number of hydrogen-bond acceptors (Lipinski definition) is 2. The summed E-state index contributed by atoms with van der Waals surface area (Å²) in [5.41, 5.74) is 1.27. The van der Waals surface area contributed by atoms with E-state index in [-0.39, 0.29) is 41.5 Å². The lowest BCUT2D eigenvalue weighted by Crippen LogP contribution is -2.48. The second kappa shape index (κ2) is 11.1. The maximum absolute atomic E-state index is 13.8. The normalized spacial score (nSPS) is 16.1. The molecule has 2 N–H and O–H groups in total. The van der Waals surface area contributed by atoms with Crippen molar-refractivity contribution in [3.63, 3.8) is 0 Å². The molecule has 0 aliphatic carbocycles. The standard InChI is InChI=1S/C21H24ClF2N3O.HI/c1-25-20(26-13-15-11-18(23)5-6-19(15)24)27-14-21(7-9-28-10-8-21)16-3-2-4-17(22)12-16;/h2-6,11-12H,7-10,13-14H2,1H3,(H2,25,26,27);1H. The lowest BCUT2D eigenvalue weighted by atomic mass is 9.74. The molecule has 1 heterocycles. The van der Waals surface area contributed by atoms with Gasteiger partial charge < -0.3 is 15.4 Å². The minimum absolute atomic E-state index is 0. The van der Waals surface area contributed by atoms with Crippen molar-refractivity contribution in [1.82, 2.24) is 10.6 Å². The van der Waals surface area contributed by atoms with Gasteiger partial charge in [0.1, 0.15) is 11.6 Å². The summed E-state index contributed by atoms with van der Waals surface area (Å²) in [6, 6.07) is 11.3. The maximum Gasteiger partial charge on any atom is 0.191 e. The second-order valence-electron chi connectivity index (χ2n) is 6.92. The van der Waals surface area contributed by atoms with Gasteiger partial charge in [0.05, 0.1) is 0 Å². The number of aliphatic imine (C=N–C) groups is 1. The number of ether oxygens (including phenoxy) is 1. The highest BCUT2D eigenvalue weighted by Crippen LogP contribution is 2.35. The van der Waals surface area contributed by atoms with Crippen molar-refractivity contribution >= 4 is 41.5 Å². The summed E-state index contributed by atoms with van der Waals surface area (Å²) in [6.45, 7) is 2.11. The Balaban J connectivity index is 0.00000300. The molecule has 0 spiro atoms. The van der Waals surface area contributed by atoms with Gasteiger partial charge in [0.2, 0.25) is 0 Å². The molecule has 158 valence electrons. The first-order valence-corrected chi connectivity index (χ1v) is 9.62. The molecule has 0 bridgehead atoms. The van der Waals surface area contributed by atoms with Crippen LogP contribution in [0.4, 0.5) is 8.78 Å². The molecule has 1 fully saturated rings. The Morgan fingerprint density at radius 1 is 1.14 bits per heavy atom. The van der Waals surface area contributed by atoms with Gasteiger partial charge in [-0.2, -0.15) is 0 Å². The third-order valence-electron chi connectivity index (χ3n) is 5.16. The van der Waals surface area contributed by atoms with Crippen molar-refractivity contribution in [2.24, 2.45) is 4.99 Å². The monoisotopic (exact) mass is 535 g/mol. The summed E-state index contributed by atoms with van der Waals surface area (Å²) in [5.74, 6) is -0.399. The van der Waals surface area contributed by atoms with Crippen LogP contribution in [0, 0.1) is 11.6 Å². The van der Waals surface area contributed by atoms with Crippen LogP contribution >= 0.6 is 35.6 Å². The molecular weight excluding hydrogens is 511 g/mol. The highest BCUT2D eigenvalue weighted by Gasteiger charge is 2.34. The molecule has 0 saturated carbocycles. The highest BCUT2D eigenvalue weighted by molar-refractivity contribution is 14.0. The van der Waals surface area contributed by atoms with Gasteiger partial charge in [-0.3, -0.25) is 4.99 Å². The van der Waals surface area contributed by atoms with Crippen LogP contribution in [-0.2, 0) is 16.7 Å². The van der Waals surface area contributed by atoms with Crippen LogP contribution < -0.4 is 10.6 Å². The average molecular weight is 536 g/mol. The van der Waals surface area contributed by atoms with Crippen molar-refractivity contribution in [1.29, 1.82) is 0 Å². The van der Waals surface area contributed by atoms with E-state index in [1.54, 1.807) is 7.05 Å². The summed E-state index contributed by atoms with van der Waals surface area (Å²) in [5, 5.41) is 7.08. The first-order chi connectivity index (χ1) is 13.5. The van der Waals surface area contributed by atoms with Crippen LogP contribution in [0.25, 0.3) is 0 Å². The molecule has 1 aliphatic heterocycles. The third-order valence-corrected chi connectivity index (χ3v) is 5.39. The smallest absolute Gasteiger partial charge is 0.191 e. The first-order valence-electron chi connectivity index (χ1n) is 9.25. The Hall–Kier alpha value is -1.45. The number of halogens is 4. The minimum Gasteiger partial charge on any atom is -0.381 e. The quantitative estimate of drug-likeness (QED) is 0.333. The summed E-state index contributed by atoms with van der Waals surface area (Å²) < 4.78 is 32.7. The molecule has 2 aromatic rings. The molecule has 1 aliphatic rings. The fraction of sp³-hybridized carbons (Fsp3) is 0.381. The third kappa shape index (κ3) is 6.26. The van der Waals surface area contributed by atoms with Crippen molar-refractivity contribution in [2.45, 2.75) is 24.8 Å². The van der Waals surface area contributed by atoms with Crippen LogP contribution in [0.1, 0.15) is 24.0 Å². The Bertz CT molecular complexity index is 844. The second-order valence-corrected chi connectivity index (χ2v) is 7.35. The van der Waals surface area contributed by atoms with Gasteiger partial charge in [0, 0.05) is 49.4 Å². The van der Waals surface area contributed by atoms with Crippen molar-refractivity contribution < 1.29 is 13.5 Å². The lowest BCUT2D eigenvalue weighted by molar-refractivity contribution is 0.0514. The number of hydrogen-bond donors (Lipinski definition) is 2. The van der Waals surface area contributed by atoms with E-state index in [1.165, 1.54) is 6.07 Å². The number of nitrogens with one attached hydrogen (secondary N) is 2. The number of benzene rings is 2. The number of rotatable bonds is 5. The molecule has 0 amide bonds. The molecule has 4 nitrogen and oxygen atoms in total. The first kappa shape index (κ1) is 23.8. The summed E-state index contributed by atoms with van der Waals surface area (Å²) >= 11 is 6.21. The van der Waals surface area contributed by atoms with Crippen LogP contribution in [0.3, 0.4) is 0 Å². The average Bonchev–Trinajstić information content (AvgIpc) is 2.71. The molecule has 0 unspecified atom stereocenters. The van der Waals surface area contributed by atoms with Gasteiger partial charge in [-0.25, -0.2) is 8.78 Å². The van der Waals surface area contributed by atoms with E-state index in [9.17, 15) is 8.78 Å². The molecule has 0 atom stereocenters. The van der Waals surface area contributed by atoms with E-state index in [0.717, 1.165) is 30.5 Å². The van der Waals surface area contributed by atoms with Crippen LogP contribution in [0.15, 0.2) is 47.5 Å². The van der Waals surface area contributed by atoms with Crippen LogP contribution in [0.5, 0.6) is 0 Å². The largest absolute Gasteiger partial charge is 0.381 e. The SMILES string of the molecule is CN=C(NCc1cc(F)ccc1F)NCC1(c2cccc(Cl)c2)CCOCC1.I. The topological polar surface area (TPSA) is 45.7 Å². The molecule has 1 saturated heterocycles.